The first-order chi connectivity index (χ1) is 9.65. The van der Waals surface area contributed by atoms with E-state index in [-0.39, 0.29) is 17.8 Å². The number of fused-ring (bicyclic) bond motifs is 1. The summed E-state index contributed by atoms with van der Waals surface area (Å²) in [5, 5.41) is 10.2. The van der Waals surface area contributed by atoms with E-state index in [0.29, 0.717) is 17.7 Å². The fourth-order valence-electron chi connectivity index (χ4n) is 2.72. The second kappa shape index (κ2) is 5.25. The molecule has 2 aromatic rings. The highest BCUT2D eigenvalue weighted by Gasteiger charge is 2.31. The Balaban J connectivity index is 1.86. The van der Waals surface area contributed by atoms with E-state index < -0.39 is 6.10 Å². The Morgan fingerprint density at radius 3 is 2.70 bits per heavy atom. The molecule has 0 saturated carbocycles. The smallest absolute Gasteiger partial charge is 0.125 e. The fourth-order valence-corrected chi connectivity index (χ4v) is 2.72. The number of hydrogen-bond acceptors (Lipinski definition) is 2. The van der Waals surface area contributed by atoms with Crippen molar-refractivity contribution in [2.45, 2.75) is 31.5 Å². The van der Waals surface area contributed by atoms with Crippen molar-refractivity contribution in [1.29, 1.82) is 0 Å². The van der Waals surface area contributed by atoms with E-state index >= 15 is 0 Å². The monoisotopic (exact) mass is 272 g/mol. The SMILES string of the molecule is CC(c1ccccc1)C1CC(O)c2cc(F)ccc2O1. The summed E-state index contributed by atoms with van der Waals surface area (Å²) in [4.78, 5) is 0. The zero-order chi connectivity index (χ0) is 14.1. The quantitative estimate of drug-likeness (QED) is 0.900. The Labute approximate surface area is 117 Å². The van der Waals surface area contributed by atoms with Crippen molar-refractivity contribution < 1.29 is 14.2 Å². The number of hydrogen-bond donors (Lipinski definition) is 1. The van der Waals surface area contributed by atoms with Crippen LogP contribution in [-0.2, 0) is 0 Å². The lowest BCUT2D eigenvalue weighted by Crippen LogP contribution is -2.30. The molecule has 3 atom stereocenters. The summed E-state index contributed by atoms with van der Waals surface area (Å²) in [7, 11) is 0. The lowest BCUT2D eigenvalue weighted by atomic mass is 9.88. The van der Waals surface area contributed by atoms with Crippen LogP contribution in [0.4, 0.5) is 4.39 Å². The molecule has 1 aliphatic heterocycles. The number of ether oxygens (including phenoxy) is 1. The van der Waals surface area contributed by atoms with Crippen LogP contribution in [0.3, 0.4) is 0 Å². The summed E-state index contributed by atoms with van der Waals surface area (Å²) in [6.07, 6.45) is -0.303. The van der Waals surface area contributed by atoms with Gasteiger partial charge in [0.05, 0.1) is 6.10 Å². The first-order valence-corrected chi connectivity index (χ1v) is 6.84. The molecule has 2 nitrogen and oxygen atoms in total. The van der Waals surface area contributed by atoms with Gasteiger partial charge in [-0.05, 0) is 23.8 Å². The van der Waals surface area contributed by atoms with Gasteiger partial charge in [-0.1, -0.05) is 37.3 Å². The molecule has 20 heavy (non-hydrogen) atoms. The number of aliphatic hydroxyl groups is 1. The van der Waals surface area contributed by atoms with Crippen LogP contribution in [0.15, 0.2) is 48.5 Å². The van der Waals surface area contributed by atoms with Gasteiger partial charge >= 0.3 is 0 Å². The van der Waals surface area contributed by atoms with Crippen LogP contribution in [0.25, 0.3) is 0 Å². The first-order valence-electron chi connectivity index (χ1n) is 6.84. The van der Waals surface area contributed by atoms with E-state index in [0.717, 1.165) is 0 Å². The van der Waals surface area contributed by atoms with Gasteiger partial charge in [-0.2, -0.15) is 0 Å². The maximum absolute atomic E-state index is 13.2. The van der Waals surface area contributed by atoms with Crippen LogP contribution in [-0.4, -0.2) is 11.2 Å². The second-order valence-electron chi connectivity index (χ2n) is 5.29. The van der Waals surface area contributed by atoms with Crippen molar-refractivity contribution in [1.82, 2.24) is 0 Å². The lowest BCUT2D eigenvalue weighted by molar-refractivity contribution is 0.0543. The Morgan fingerprint density at radius 2 is 1.95 bits per heavy atom. The maximum Gasteiger partial charge on any atom is 0.125 e. The van der Waals surface area contributed by atoms with Crippen LogP contribution in [0, 0.1) is 5.82 Å². The topological polar surface area (TPSA) is 29.5 Å². The predicted molar refractivity (Wildman–Crippen MR) is 75.2 cm³/mol. The molecule has 0 amide bonds. The lowest BCUT2D eigenvalue weighted by Gasteiger charge is -2.33. The van der Waals surface area contributed by atoms with Crippen LogP contribution >= 0.6 is 0 Å². The fraction of sp³-hybridized carbons (Fsp3) is 0.294. The Hall–Kier alpha value is -1.87. The molecule has 0 fully saturated rings. The normalized spacial score (nSPS) is 22.8. The standard InChI is InChI=1S/C17H17FO2/c1-11(12-5-3-2-4-6-12)17-10-15(19)14-9-13(18)7-8-16(14)20-17/h2-9,11,15,17,19H,10H2,1H3. The zero-order valence-electron chi connectivity index (χ0n) is 11.3. The van der Waals surface area contributed by atoms with Crippen LogP contribution in [0.1, 0.15) is 36.5 Å². The van der Waals surface area contributed by atoms with Crippen molar-refractivity contribution in [3.05, 3.63) is 65.5 Å². The molecule has 0 aliphatic carbocycles. The molecule has 2 aromatic carbocycles. The number of aliphatic hydroxyl groups excluding tert-OH is 1. The summed E-state index contributed by atoms with van der Waals surface area (Å²) >= 11 is 0. The van der Waals surface area contributed by atoms with E-state index in [1.165, 1.54) is 17.7 Å². The van der Waals surface area contributed by atoms with E-state index in [2.05, 4.69) is 19.1 Å². The third-order valence-corrected chi connectivity index (χ3v) is 3.95. The Bertz CT molecular complexity index is 597. The minimum absolute atomic E-state index is 0.106. The second-order valence-corrected chi connectivity index (χ2v) is 5.29. The molecule has 1 aliphatic rings. The molecule has 0 saturated heterocycles. The minimum atomic E-state index is -0.675. The highest BCUT2D eigenvalue weighted by molar-refractivity contribution is 5.38. The molecule has 0 spiro atoms. The van der Waals surface area contributed by atoms with Gasteiger partial charge in [0.15, 0.2) is 0 Å². The summed E-state index contributed by atoms with van der Waals surface area (Å²) in [5.41, 5.74) is 1.72. The molecule has 1 heterocycles. The highest BCUT2D eigenvalue weighted by Crippen LogP contribution is 2.39. The largest absolute Gasteiger partial charge is 0.489 e. The van der Waals surface area contributed by atoms with Gasteiger partial charge in [-0.15, -0.1) is 0 Å². The van der Waals surface area contributed by atoms with Crippen molar-refractivity contribution >= 4 is 0 Å². The van der Waals surface area contributed by atoms with Gasteiger partial charge < -0.3 is 9.84 Å². The third-order valence-electron chi connectivity index (χ3n) is 3.95. The van der Waals surface area contributed by atoms with Crippen LogP contribution in [0.5, 0.6) is 5.75 Å². The zero-order valence-corrected chi connectivity index (χ0v) is 11.3. The molecule has 3 unspecified atom stereocenters. The van der Waals surface area contributed by atoms with E-state index in [1.807, 2.05) is 18.2 Å². The molecule has 3 rings (SSSR count). The van der Waals surface area contributed by atoms with E-state index in [9.17, 15) is 9.50 Å². The van der Waals surface area contributed by atoms with Gasteiger partial charge in [0, 0.05) is 17.9 Å². The summed E-state index contributed by atoms with van der Waals surface area (Å²) in [6.45, 7) is 2.08. The van der Waals surface area contributed by atoms with Gasteiger partial charge in [0.1, 0.15) is 17.7 Å². The van der Waals surface area contributed by atoms with Crippen molar-refractivity contribution in [2.75, 3.05) is 0 Å². The molecule has 0 bridgehead atoms. The molecule has 0 aromatic heterocycles. The number of halogens is 1. The van der Waals surface area contributed by atoms with Gasteiger partial charge in [-0.3, -0.25) is 0 Å². The van der Waals surface area contributed by atoms with Crippen molar-refractivity contribution in [2.24, 2.45) is 0 Å². The van der Waals surface area contributed by atoms with E-state index in [1.54, 1.807) is 6.07 Å². The number of rotatable bonds is 2. The Morgan fingerprint density at radius 1 is 1.20 bits per heavy atom. The van der Waals surface area contributed by atoms with Crippen LogP contribution < -0.4 is 4.74 Å². The maximum atomic E-state index is 13.2. The predicted octanol–water partition coefficient (Wildman–Crippen LogP) is 3.81. The summed E-state index contributed by atoms with van der Waals surface area (Å²) in [5.74, 6) is 0.406. The van der Waals surface area contributed by atoms with Crippen LogP contribution in [0.2, 0.25) is 0 Å². The third kappa shape index (κ3) is 2.41. The first kappa shape index (κ1) is 13.1. The van der Waals surface area contributed by atoms with E-state index in [4.69, 9.17) is 4.74 Å². The average Bonchev–Trinajstić information content (AvgIpc) is 2.48. The molecule has 0 radical (unpaired) electrons. The molecule has 1 N–H and O–H groups in total. The Kier molecular flexibility index (Phi) is 3.45. The summed E-state index contributed by atoms with van der Waals surface area (Å²) in [6, 6.07) is 14.4. The van der Waals surface area contributed by atoms with Gasteiger partial charge in [0.25, 0.3) is 0 Å². The van der Waals surface area contributed by atoms with Crippen molar-refractivity contribution in [3.63, 3.8) is 0 Å². The van der Waals surface area contributed by atoms with Gasteiger partial charge in [-0.25, -0.2) is 4.39 Å². The summed E-state index contributed by atoms with van der Waals surface area (Å²) < 4.78 is 19.2. The molecular formula is C17H17FO2. The highest BCUT2D eigenvalue weighted by atomic mass is 19.1. The minimum Gasteiger partial charge on any atom is -0.489 e. The number of benzene rings is 2. The average molecular weight is 272 g/mol. The van der Waals surface area contributed by atoms with Crippen molar-refractivity contribution in [3.8, 4) is 5.75 Å². The van der Waals surface area contributed by atoms with Gasteiger partial charge in [0.2, 0.25) is 0 Å². The molecule has 3 heteroatoms. The molecular weight excluding hydrogens is 255 g/mol. The molecule has 104 valence electrons.